The molecule has 1 rings (SSSR count). The minimum atomic E-state index is 0.221. The Kier molecular flexibility index (Phi) is 7.70. The molecular formula is C13H27N7O. The van der Waals surface area contributed by atoms with Crippen LogP contribution in [-0.4, -0.2) is 46.3 Å². The fourth-order valence-electron chi connectivity index (χ4n) is 1.90. The van der Waals surface area contributed by atoms with Crippen molar-refractivity contribution in [1.29, 1.82) is 0 Å². The molecule has 0 fully saturated rings. The molecule has 5 N–H and O–H groups in total. The summed E-state index contributed by atoms with van der Waals surface area (Å²) in [5.41, 5.74) is 2.47. The largest absolute Gasteiger partial charge is 0.396 e. The molecule has 0 radical (unpaired) electrons. The quantitative estimate of drug-likeness (QED) is 0.285. The zero-order valence-corrected chi connectivity index (χ0v) is 13.1. The monoisotopic (exact) mass is 297 g/mol. The maximum absolute atomic E-state index is 8.99. The van der Waals surface area contributed by atoms with Gasteiger partial charge >= 0.3 is 0 Å². The van der Waals surface area contributed by atoms with Crippen LogP contribution in [0, 0.1) is 5.92 Å². The Balaban J connectivity index is 2.66. The van der Waals surface area contributed by atoms with Crippen LogP contribution in [0.5, 0.6) is 0 Å². The van der Waals surface area contributed by atoms with Crippen LogP contribution in [0.4, 0.5) is 17.8 Å². The van der Waals surface area contributed by atoms with Gasteiger partial charge in [0.25, 0.3) is 0 Å². The number of aliphatic hydroxyl groups excluding tert-OH is 1. The Morgan fingerprint density at radius 3 is 2.43 bits per heavy atom. The zero-order valence-electron chi connectivity index (χ0n) is 13.1. The summed E-state index contributed by atoms with van der Waals surface area (Å²) in [5.74, 6) is 7.19. The molecule has 0 bridgehead atoms. The van der Waals surface area contributed by atoms with Crippen molar-refractivity contribution < 1.29 is 5.11 Å². The molecule has 120 valence electrons. The predicted octanol–water partition coefficient (Wildman–Crippen LogP) is 0.824. The molecule has 1 aromatic heterocycles. The van der Waals surface area contributed by atoms with E-state index in [1.807, 2.05) is 25.7 Å². The molecule has 0 saturated heterocycles. The van der Waals surface area contributed by atoms with Crippen molar-refractivity contribution in [2.75, 3.05) is 41.9 Å². The molecule has 0 aliphatic heterocycles. The molecule has 8 nitrogen and oxygen atoms in total. The maximum atomic E-state index is 8.99. The first-order chi connectivity index (χ1) is 10.1. The molecule has 1 unspecified atom stereocenters. The third-order valence-corrected chi connectivity index (χ3v) is 3.27. The van der Waals surface area contributed by atoms with Gasteiger partial charge in [0.15, 0.2) is 0 Å². The van der Waals surface area contributed by atoms with Crippen LogP contribution < -0.4 is 21.5 Å². The summed E-state index contributed by atoms with van der Waals surface area (Å²) in [5, 5.41) is 12.2. The summed E-state index contributed by atoms with van der Waals surface area (Å²) in [6.07, 6.45) is 1.90. The highest BCUT2D eigenvalue weighted by Crippen LogP contribution is 2.13. The summed E-state index contributed by atoms with van der Waals surface area (Å²) in [4.78, 5) is 14.9. The lowest BCUT2D eigenvalue weighted by atomic mass is 10.1. The topological polar surface area (TPSA) is 112 Å². The van der Waals surface area contributed by atoms with Crippen molar-refractivity contribution in [3.63, 3.8) is 0 Å². The van der Waals surface area contributed by atoms with Crippen molar-refractivity contribution in [2.24, 2.45) is 11.8 Å². The van der Waals surface area contributed by atoms with Gasteiger partial charge in [-0.05, 0) is 32.6 Å². The Bertz CT molecular complexity index is 412. The van der Waals surface area contributed by atoms with Gasteiger partial charge < -0.3 is 15.3 Å². The van der Waals surface area contributed by atoms with Gasteiger partial charge in [-0.15, -0.1) is 0 Å². The number of nitrogens with zero attached hydrogens (tertiary/aromatic N) is 4. The van der Waals surface area contributed by atoms with E-state index in [9.17, 15) is 0 Å². The molecule has 1 aromatic rings. The second-order valence-electron chi connectivity index (χ2n) is 4.96. The van der Waals surface area contributed by atoms with Crippen molar-refractivity contribution in [2.45, 2.75) is 33.6 Å². The van der Waals surface area contributed by atoms with Gasteiger partial charge in [0.2, 0.25) is 17.8 Å². The number of hydrogen-bond donors (Lipinski definition) is 4. The van der Waals surface area contributed by atoms with Crippen molar-refractivity contribution in [3.8, 4) is 0 Å². The highest BCUT2D eigenvalue weighted by Gasteiger charge is 2.10. The summed E-state index contributed by atoms with van der Waals surface area (Å²) in [6, 6.07) is 0. The number of nitrogens with one attached hydrogen (secondary N) is 2. The Morgan fingerprint density at radius 2 is 1.86 bits per heavy atom. The number of nitrogens with two attached hydrogens (primary N) is 1. The van der Waals surface area contributed by atoms with Gasteiger partial charge in [0, 0.05) is 26.2 Å². The van der Waals surface area contributed by atoms with Crippen LogP contribution in [0.15, 0.2) is 0 Å². The van der Waals surface area contributed by atoms with Crippen LogP contribution in [0.1, 0.15) is 33.6 Å². The fourth-order valence-corrected chi connectivity index (χ4v) is 1.90. The normalized spacial score (nSPS) is 12.0. The molecule has 0 aromatic carbocycles. The van der Waals surface area contributed by atoms with Gasteiger partial charge in [0.05, 0.1) is 0 Å². The lowest BCUT2D eigenvalue weighted by Gasteiger charge is -2.19. The molecule has 21 heavy (non-hydrogen) atoms. The highest BCUT2D eigenvalue weighted by molar-refractivity contribution is 5.43. The lowest BCUT2D eigenvalue weighted by Crippen LogP contribution is -2.26. The minimum Gasteiger partial charge on any atom is -0.396 e. The third kappa shape index (κ3) is 5.68. The van der Waals surface area contributed by atoms with Crippen molar-refractivity contribution >= 4 is 17.8 Å². The number of rotatable bonds is 10. The van der Waals surface area contributed by atoms with E-state index in [0.29, 0.717) is 23.8 Å². The van der Waals surface area contributed by atoms with Gasteiger partial charge in [0.1, 0.15) is 0 Å². The molecule has 0 saturated carbocycles. The second kappa shape index (κ2) is 9.30. The van der Waals surface area contributed by atoms with E-state index in [2.05, 4.69) is 25.7 Å². The summed E-state index contributed by atoms with van der Waals surface area (Å²) in [7, 11) is 0. The molecule has 0 aliphatic rings. The second-order valence-corrected chi connectivity index (χ2v) is 4.96. The molecular weight excluding hydrogens is 270 g/mol. The SMILES string of the molecule is CCN(CC)c1nc(NN)nc(NCCCC(C)CO)n1. The number of nitrogen functional groups attached to an aromatic ring is 1. The first-order valence-electron chi connectivity index (χ1n) is 7.46. The van der Waals surface area contributed by atoms with Gasteiger partial charge in [-0.2, -0.15) is 15.0 Å². The van der Waals surface area contributed by atoms with Crippen LogP contribution >= 0.6 is 0 Å². The van der Waals surface area contributed by atoms with E-state index in [1.54, 1.807) is 0 Å². The molecule has 8 heteroatoms. The Morgan fingerprint density at radius 1 is 1.19 bits per heavy atom. The van der Waals surface area contributed by atoms with Gasteiger partial charge in [-0.3, -0.25) is 5.43 Å². The molecule has 0 aliphatic carbocycles. The van der Waals surface area contributed by atoms with E-state index >= 15 is 0 Å². The molecule has 0 amide bonds. The molecule has 1 heterocycles. The van der Waals surface area contributed by atoms with E-state index < -0.39 is 0 Å². The Hall–Kier alpha value is -1.67. The van der Waals surface area contributed by atoms with Crippen LogP contribution in [0.2, 0.25) is 0 Å². The van der Waals surface area contributed by atoms with Crippen molar-refractivity contribution in [3.05, 3.63) is 0 Å². The Labute approximate surface area is 126 Å². The fraction of sp³-hybridized carbons (Fsp3) is 0.769. The highest BCUT2D eigenvalue weighted by atomic mass is 16.3. The average molecular weight is 297 g/mol. The van der Waals surface area contributed by atoms with E-state index in [-0.39, 0.29) is 6.61 Å². The predicted molar refractivity (Wildman–Crippen MR) is 85.2 cm³/mol. The first-order valence-corrected chi connectivity index (χ1v) is 7.46. The van der Waals surface area contributed by atoms with Gasteiger partial charge in [-0.25, -0.2) is 5.84 Å². The summed E-state index contributed by atoms with van der Waals surface area (Å²) >= 11 is 0. The molecule has 0 spiro atoms. The smallest absolute Gasteiger partial charge is 0.243 e. The number of aromatic nitrogens is 3. The minimum absolute atomic E-state index is 0.221. The van der Waals surface area contributed by atoms with E-state index in [4.69, 9.17) is 10.9 Å². The maximum Gasteiger partial charge on any atom is 0.243 e. The standard InChI is InChI=1S/C13H27N7O/c1-4-20(5-2)13-17-11(16-12(18-13)19-14)15-8-6-7-10(3)9-21/h10,21H,4-9,14H2,1-3H3,(H2,15,16,17,18,19). The number of anilines is 3. The van der Waals surface area contributed by atoms with Crippen LogP contribution in [0.25, 0.3) is 0 Å². The number of hydrazine groups is 1. The zero-order chi connectivity index (χ0) is 15.7. The van der Waals surface area contributed by atoms with E-state index in [0.717, 1.165) is 32.5 Å². The van der Waals surface area contributed by atoms with Crippen molar-refractivity contribution in [1.82, 2.24) is 15.0 Å². The first kappa shape index (κ1) is 17.4. The van der Waals surface area contributed by atoms with E-state index in [1.165, 1.54) is 0 Å². The summed E-state index contributed by atoms with van der Waals surface area (Å²) < 4.78 is 0. The van der Waals surface area contributed by atoms with Crippen LogP contribution in [-0.2, 0) is 0 Å². The third-order valence-electron chi connectivity index (χ3n) is 3.27. The van der Waals surface area contributed by atoms with Crippen LogP contribution in [0.3, 0.4) is 0 Å². The number of hydrogen-bond acceptors (Lipinski definition) is 8. The lowest BCUT2D eigenvalue weighted by molar-refractivity contribution is 0.229. The summed E-state index contributed by atoms with van der Waals surface area (Å²) in [6.45, 7) is 8.72. The average Bonchev–Trinajstić information content (AvgIpc) is 2.52. The number of aliphatic hydroxyl groups is 1. The van der Waals surface area contributed by atoms with Gasteiger partial charge in [-0.1, -0.05) is 6.92 Å². The molecule has 1 atom stereocenters.